The van der Waals surface area contributed by atoms with Crippen LogP contribution in [-0.4, -0.2) is 28.8 Å². The van der Waals surface area contributed by atoms with E-state index < -0.39 is 0 Å². The van der Waals surface area contributed by atoms with Crippen LogP contribution in [0.25, 0.3) is 5.70 Å². The van der Waals surface area contributed by atoms with Gasteiger partial charge in [0.2, 0.25) is 0 Å². The summed E-state index contributed by atoms with van der Waals surface area (Å²) in [6, 6.07) is 5.90. The van der Waals surface area contributed by atoms with Crippen molar-refractivity contribution in [2.24, 2.45) is 0 Å². The number of rotatable bonds is 1. The Kier molecular flexibility index (Phi) is 3.51. The minimum absolute atomic E-state index is 0.0766. The van der Waals surface area contributed by atoms with E-state index in [0.717, 1.165) is 42.9 Å². The molecule has 3 rings (SSSR count). The van der Waals surface area contributed by atoms with Gasteiger partial charge in [-0.3, -0.25) is 9.78 Å². The van der Waals surface area contributed by atoms with Crippen LogP contribution in [0.15, 0.2) is 23.9 Å². The van der Waals surface area contributed by atoms with Crippen molar-refractivity contribution in [3.63, 3.8) is 0 Å². The van der Waals surface area contributed by atoms with E-state index >= 15 is 0 Å². The lowest BCUT2D eigenvalue weighted by Crippen LogP contribution is -2.30. The molecular weight excluding hydrogens is 250 g/mol. The molecule has 0 saturated carbocycles. The Morgan fingerprint density at radius 1 is 1.20 bits per heavy atom. The summed E-state index contributed by atoms with van der Waals surface area (Å²) in [4.78, 5) is 18.8. The second kappa shape index (κ2) is 5.46. The SMILES string of the molecule is N#CC1=C(N2CCCCCC2)c2ncccc2CC1=O. The number of carbonyl (C=O) groups is 1. The molecule has 0 unspecified atom stereocenters. The third-order valence-corrected chi connectivity index (χ3v) is 4.02. The molecule has 2 heterocycles. The van der Waals surface area contributed by atoms with E-state index in [1.807, 2.05) is 12.1 Å². The van der Waals surface area contributed by atoms with E-state index in [9.17, 15) is 10.1 Å². The quantitative estimate of drug-likeness (QED) is 0.783. The molecule has 2 aliphatic rings. The number of nitrogens with zero attached hydrogens (tertiary/aromatic N) is 3. The number of hydrogen-bond acceptors (Lipinski definition) is 4. The van der Waals surface area contributed by atoms with Gasteiger partial charge in [0.25, 0.3) is 0 Å². The van der Waals surface area contributed by atoms with Gasteiger partial charge in [-0.25, -0.2) is 0 Å². The van der Waals surface area contributed by atoms with E-state index in [4.69, 9.17) is 0 Å². The number of allylic oxidation sites excluding steroid dienone is 1. The smallest absolute Gasteiger partial charge is 0.180 e. The lowest BCUT2D eigenvalue weighted by Gasteiger charge is -2.29. The molecule has 20 heavy (non-hydrogen) atoms. The van der Waals surface area contributed by atoms with Gasteiger partial charge in [-0.15, -0.1) is 0 Å². The van der Waals surface area contributed by atoms with Gasteiger partial charge in [0.1, 0.15) is 11.6 Å². The molecule has 0 aromatic carbocycles. The summed E-state index contributed by atoms with van der Waals surface area (Å²) in [6.45, 7) is 1.81. The predicted molar refractivity (Wildman–Crippen MR) is 75.5 cm³/mol. The first kappa shape index (κ1) is 12.9. The van der Waals surface area contributed by atoms with Crippen molar-refractivity contribution < 1.29 is 4.79 Å². The Balaban J connectivity index is 2.11. The maximum Gasteiger partial charge on any atom is 0.180 e. The highest BCUT2D eigenvalue weighted by atomic mass is 16.1. The van der Waals surface area contributed by atoms with Crippen LogP contribution in [0.2, 0.25) is 0 Å². The summed E-state index contributed by atoms with van der Waals surface area (Å²) in [5, 5.41) is 9.38. The Labute approximate surface area is 118 Å². The summed E-state index contributed by atoms with van der Waals surface area (Å²) in [6.07, 6.45) is 6.69. The van der Waals surface area contributed by atoms with Crippen LogP contribution in [0.4, 0.5) is 0 Å². The fourth-order valence-corrected chi connectivity index (χ4v) is 3.02. The van der Waals surface area contributed by atoms with Crippen LogP contribution in [0, 0.1) is 11.3 Å². The van der Waals surface area contributed by atoms with Crippen molar-refractivity contribution in [3.05, 3.63) is 35.2 Å². The number of hydrogen-bond donors (Lipinski definition) is 0. The highest BCUT2D eigenvalue weighted by Crippen LogP contribution is 2.31. The van der Waals surface area contributed by atoms with Gasteiger partial charge in [0, 0.05) is 25.7 Å². The number of carbonyl (C=O) groups excluding carboxylic acids is 1. The standard InChI is InChI=1S/C16H17N3O/c17-11-13-14(20)10-12-6-5-7-18-15(12)16(13)19-8-3-1-2-4-9-19/h5-7H,1-4,8-10H2. The molecular formula is C16H17N3O. The second-order valence-electron chi connectivity index (χ2n) is 5.35. The summed E-state index contributed by atoms with van der Waals surface area (Å²) >= 11 is 0. The van der Waals surface area contributed by atoms with Crippen LogP contribution in [0.1, 0.15) is 36.9 Å². The van der Waals surface area contributed by atoms with Gasteiger partial charge in [-0.05, 0) is 24.5 Å². The molecule has 102 valence electrons. The molecule has 4 nitrogen and oxygen atoms in total. The van der Waals surface area contributed by atoms with Gasteiger partial charge in [-0.1, -0.05) is 18.9 Å². The molecule has 0 atom stereocenters. The van der Waals surface area contributed by atoms with Crippen LogP contribution in [-0.2, 0) is 11.2 Å². The molecule has 1 aromatic rings. The van der Waals surface area contributed by atoms with Crippen molar-refractivity contribution in [2.75, 3.05) is 13.1 Å². The summed E-state index contributed by atoms with van der Waals surface area (Å²) in [5.74, 6) is -0.0766. The van der Waals surface area contributed by atoms with Gasteiger partial charge in [-0.2, -0.15) is 5.26 Å². The Morgan fingerprint density at radius 2 is 1.95 bits per heavy atom. The lowest BCUT2D eigenvalue weighted by atomic mass is 9.91. The summed E-state index contributed by atoms with van der Waals surface area (Å²) in [7, 11) is 0. The van der Waals surface area contributed by atoms with Crippen LogP contribution in [0.5, 0.6) is 0 Å². The first-order chi connectivity index (χ1) is 9.81. The number of nitriles is 1. The third-order valence-electron chi connectivity index (χ3n) is 4.02. The monoisotopic (exact) mass is 267 g/mol. The average Bonchev–Trinajstić information content (AvgIpc) is 2.74. The fourth-order valence-electron chi connectivity index (χ4n) is 3.02. The number of fused-ring (bicyclic) bond motifs is 1. The first-order valence-corrected chi connectivity index (χ1v) is 7.18. The second-order valence-corrected chi connectivity index (χ2v) is 5.35. The molecule has 0 N–H and O–H groups in total. The highest BCUT2D eigenvalue weighted by Gasteiger charge is 2.30. The maximum absolute atomic E-state index is 12.2. The van der Waals surface area contributed by atoms with E-state index in [1.54, 1.807) is 6.20 Å². The van der Waals surface area contributed by atoms with Crippen molar-refractivity contribution in [2.45, 2.75) is 32.1 Å². The van der Waals surface area contributed by atoms with Gasteiger partial charge < -0.3 is 4.90 Å². The summed E-state index contributed by atoms with van der Waals surface area (Å²) < 4.78 is 0. The molecule has 0 radical (unpaired) electrons. The van der Waals surface area contributed by atoms with Crippen LogP contribution < -0.4 is 0 Å². The van der Waals surface area contributed by atoms with E-state index in [1.165, 1.54) is 12.8 Å². The predicted octanol–water partition coefficient (Wildman–Crippen LogP) is 2.32. The topological polar surface area (TPSA) is 57.0 Å². The molecule has 1 saturated heterocycles. The zero-order valence-electron chi connectivity index (χ0n) is 11.4. The maximum atomic E-state index is 12.2. The van der Waals surface area contributed by atoms with Crippen molar-refractivity contribution >= 4 is 11.5 Å². The molecule has 0 bridgehead atoms. The summed E-state index contributed by atoms with van der Waals surface area (Å²) in [5.41, 5.74) is 2.82. The zero-order valence-corrected chi connectivity index (χ0v) is 11.4. The largest absolute Gasteiger partial charge is 0.369 e. The Morgan fingerprint density at radius 3 is 2.65 bits per heavy atom. The van der Waals surface area contributed by atoms with E-state index in [0.29, 0.717) is 6.42 Å². The van der Waals surface area contributed by atoms with Crippen molar-refractivity contribution in [1.29, 1.82) is 5.26 Å². The van der Waals surface area contributed by atoms with Crippen LogP contribution in [0.3, 0.4) is 0 Å². The normalized spacial score (nSPS) is 19.4. The van der Waals surface area contributed by atoms with E-state index in [2.05, 4.69) is 16.0 Å². The van der Waals surface area contributed by atoms with Gasteiger partial charge >= 0.3 is 0 Å². The first-order valence-electron chi connectivity index (χ1n) is 7.18. The minimum atomic E-state index is -0.0766. The highest BCUT2D eigenvalue weighted by molar-refractivity contribution is 6.09. The van der Waals surface area contributed by atoms with Crippen molar-refractivity contribution in [1.82, 2.24) is 9.88 Å². The Bertz CT molecular complexity index is 604. The molecule has 1 aliphatic carbocycles. The minimum Gasteiger partial charge on any atom is -0.369 e. The molecule has 0 spiro atoms. The third kappa shape index (κ3) is 2.20. The number of pyridine rings is 1. The molecule has 0 amide bonds. The number of likely N-dealkylation sites (tertiary alicyclic amines) is 1. The van der Waals surface area contributed by atoms with E-state index in [-0.39, 0.29) is 11.4 Å². The lowest BCUT2D eigenvalue weighted by molar-refractivity contribution is -0.114. The molecule has 1 fully saturated rings. The molecule has 4 heteroatoms. The molecule has 1 aromatic heterocycles. The molecule has 1 aliphatic heterocycles. The number of Topliss-reactive ketones (excluding diaryl/α,β-unsaturated/α-hetero) is 1. The van der Waals surface area contributed by atoms with Crippen LogP contribution >= 0.6 is 0 Å². The van der Waals surface area contributed by atoms with Gasteiger partial charge in [0.05, 0.1) is 11.4 Å². The average molecular weight is 267 g/mol. The number of ketones is 1. The van der Waals surface area contributed by atoms with Gasteiger partial charge in [0.15, 0.2) is 5.78 Å². The fraction of sp³-hybridized carbons (Fsp3) is 0.438. The Hall–Kier alpha value is -2.15. The number of aromatic nitrogens is 1. The zero-order chi connectivity index (χ0) is 13.9. The van der Waals surface area contributed by atoms with Crippen molar-refractivity contribution in [3.8, 4) is 6.07 Å².